The molecule has 108 valence electrons. The zero-order valence-corrected chi connectivity index (χ0v) is 12.4. The second-order valence-electron chi connectivity index (χ2n) is 4.45. The molecule has 2 rings (SSSR count). The summed E-state index contributed by atoms with van der Waals surface area (Å²) in [6.45, 7) is 1.88. The van der Waals surface area contributed by atoms with Gasteiger partial charge in [-0.2, -0.15) is 5.26 Å². The normalized spacial score (nSPS) is 10.7. The van der Waals surface area contributed by atoms with Crippen molar-refractivity contribution in [1.29, 1.82) is 5.26 Å². The molecule has 0 spiro atoms. The van der Waals surface area contributed by atoms with E-state index in [1.165, 1.54) is 37.4 Å². The Morgan fingerprint density at radius 1 is 1.14 bits per heavy atom. The van der Waals surface area contributed by atoms with Crippen molar-refractivity contribution in [3.8, 4) is 11.8 Å². The monoisotopic (exact) mass is 302 g/mol. The van der Waals surface area contributed by atoms with Gasteiger partial charge in [-0.3, -0.25) is 4.72 Å². The second kappa shape index (κ2) is 5.85. The van der Waals surface area contributed by atoms with Crippen molar-refractivity contribution in [3.63, 3.8) is 0 Å². The van der Waals surface area contributed by atoms with E-state index in [9.17, 15) is 8.42 Å². The predicted molar refractivity (Wildman–Crippen MR) is 79.7 cm³/mol. The Hall–Kier alpha value is -2.52. The van der Waals surface area contributed by atoms with Crippen LogP contribution in [0.5, 0.6) is 5.75 Å². The molecule has 1 N–H and O–H groups in total. The number of nitriles is 1. The highest BCUT2D eigenvalue weighted by atomic mass is 32.2. The van der Waals surface area contributed by atoms with Crippen LogP contribution in [-0.2, 0) is 10.0 Å². The first-order valence-electron chi connectivity index (χ1n) is 6.14. The van der Waals surface area contributed by atoms with E-state index in [4.69, 9.17) is 10.00 Å². The van der Waals surface area contributed by atoms with E-state index in [1.54, 1.807) is 12.1 Å². The number of anilines is 1. The number of hydrogen-bond donors (Lipinski definition) is 1. The Balaban J connectivity index is 2.37. The van der Waals surface area contributed by atoms with Crippen LogP contribution in [0.4, 0.5) is 5.69 Å². The summed E-state index contributed by atoms with van der Waals surface area (Å²) < 4.78 is 32.2. The highest BCUT2D eigenvalue weighted by molar-refractivity contribution is 7.92. The van der Waals surface area contributed by atoms with Crippen molar-refractivity contribution in [2.45, 2.75) is 11.8 Å². The molecule has 0 aliphatic heterocycles. The molecule has 0 saturated carbocycles. The van der Waals surface area contributed by atoms with Crippen LogP contribution in [0.15, 0.2) is 47.4 Å². The molecule has 0 saturated heterocycles. The molecule has 0 aromatic heterocycles. The molecular weight excluding hydrogens is 288 g/mol. The lowest BCUT2D eigenvalue weighted by Gasteiger charge is -2.12. The van der Waals surface area contributed by atoms with Gasteiger partial charge in [-0.05, 0) is 31.2 Å². The van der Waals surface area contributed by atoms with Crippen molar-refractivity contribution < 1.29 is 13.2 Å². The second-order valence-corrected chi connectivity index (χ2v) is 6.13. The fourth-order valence-electron chi connectivity index (χ4n) is 1.77. The van der Waals surface area contributed by atoms with Crippen LogP contribution in [0.25, 0.3) is 0 Å². The first kappa shape index (κ1) is 14.9. The SMILES string of the molecule is COc1cc(C#N)ccc1NS(=O)(=O)c1ccc(C)cc1. The van der Waals surface area contributed by atoms with Crippen LogP contribution >= 0.6 is 0 Å². The molecule has 5 nitrogen and oxygen atoms in total. The fourth-order valence-corrected chi connectivity index (χ4v) is 2.84. The van der Waals surface area contributed by atoms with Gasteiger partial charge in [0.2, 0.25) is 0 Å². The number of hydrogen-bond acceptors (Lipinski definition) is 4. The Morgan fingerprint density at radius 2 is 1.81 bits per heavy atom. The first-order chi connectivity index (χ1) is 9.96. The lowest BCUT2D eigenvalue weighted by Crippen LogP contribution is -2.13. The van der Waals surface area contributed by atoms with Gasteiger partial charge >= 0.3 is 0 Å². The van der Waals surface area contributed by atoms with E-state index in [-0.39, 0.29) is 10.6 Å². The van der Waals surface area contributed by atoms with Gasteiger partial charge in [-0.15, -0.1) is 0 Å². The Kier molecular flexibility index (Phi) is 4.15. The van der Waals surface area contributed by atoms with Crippen molar-refractivity contribution in [1.82, 2.24) is 0 Å². The third-order valence-electron chi connectivity index (χ3n) is 2.91. The van der Waals surface area contributed by atoms with E-state index < -0.39 is 10.0 Å². The maximum atomic E-state index is 12.3. The highest BCUT2D eigenvalue weighted by Gasteiger charge is 2.16. The number of methoxy groups -OCH3 is 1. The zero-order chi connectivity index (χ0) is 15.5. The van der Waals surface area contributed by atoms with Crippen molar-refractivity contribution in [3.05, 3.63) is 53.6 Å². The van der Waals surface area contributed by atoms with Gasteiger partial charge in [0, 0.05) is 6.07 Å². The summed E-state index contributed by atoms with van der Waals surface area (Å²) in [5, 5.41) is 8.84. The van der Waals surface area contributed by atoms with Crippen LogP contribution < -0.4 is 9.46 Å². The Labute approximate surface area is 123 Å². The van der Waals surface area contributed by atoms with Crippen LogP contribution in [0.2, 0.25) is 0 Å². The summed E-state index contributed by atoms with van der Waals surface area (Å²) in [4.78, 5) is 0.166. The molecule has 0 aliphatic carbocycles. The molecule has 0 unspecified atom stereocenters. The molecule has 0 bridgehead atoms. The van der Waals surface area contributed by atoms with Gasteiger partial charge in [0.1, 0.15) is 5.75 Å². The number of ether oxygens (including phenoxy) is 1. The van der Waals surface area contributed by atoms with E-state index in [2.05, 4.69) is 4.72 Å². The third kappa shape index (κ3) is 3.33. The van der Waals surface area contributed by atoms with E-state index >= 15 is 0 Å². The smallest absolute Gasteiger partial charge is 0.262 e. The van der Waals surface area contributed by atoms with Gasteiger partial charge in [-0.25, -0.2) is 8.42 Å². The quantitative estimate of drug-likeness (QED) is 0.941. The first-order valence-corrected chi connectivity index (χ1v) is 7.62. The van der Waals surface area contributed by atoms with Crippen LogP contribution in [0, 0.1) is 18.3 Å². The molecule has 0 amide bonds. The van der Waals surface area contributed by atoms with Crippen LogP contribution in [-0.4, -0.2) is 15.5 Å². The predicted octanol–water partition coefficient (Wildman–Crippen LogP) is 2.68. The molecule has 0 atom stereocenters. The summed E-state index contributed by atoms with van der Waals surface area (Å²) >= 11 is 0. The van der Waals surface area contributed by atoms with Crippen LogP contribution in [0.3, 0.4) is 0 Å². The summed E-state index contributed by atoms with van der Waals surface area (Å²) in [5.41, 5.74) is 1.66. The number of nitrogens with zero attached hydrogens (tertiary/aromatic N) is 1. The maximum Gasteiger partial charge on any atom is 0.262 e. The molecule has 0 heterocycles. The maximum absolute atomic E-state index is 12.3. The van der Waals surface area contributed by atoms with Gasteiger partial charge in [0.25, 0.3) is 10.0 Å². The summed E-state index contributed by atoms with van der Waals surface area (Å²) in [6, 6.07) is 13.0. The van der Waals surface area contributed by atoms with Gasteiger partial charge in [-0.1, -0.05) is 17.7 Å². The Morgan fingerprint density at radius 3 is 2.38 bits per heavy atom. The lowest BCUT2D eigenvalue weighted by atomic mass is 10.2. The largest absolute Gasteiger partial charge is 0.495 e. The number of nitrogens with one attached hydrogen (secondary N) is 1. The summed E-state index contributed by atoms with van der Waals surface area (Å²) in [7, 11) is -2.28. The number of rotatable bonds is 4. The summed E-state index contributed by atoms with van der Waals surface area (Å²) in [6.07, 6.45) is 0. The fraction of sp³-hybridized carbons (Fsp3) is 0.133. The molecule has 2 aromatic carbocycles. The number of sulfonamides is 1. The standard InChI is InChI=1S/C15H14N2O3S/c1-11-3-6-13(7-4-11)21(18,19)17-14-8-5-12(10-16)9-15(14)20-2/h3-9,17H,1-2H3. The average Bonchev–Trinajstić information content (AvgIpc) is 2.47. The van der Waals surface area contributed by atoms with Gasteiger partial charge < -0.3 is 4.74 Å². The minimum Gasteiger partial charge on any atom is -0.495 e. The Bertz CT molecular complexity index is 791. The minimum absolute atomic E-state index is 0.166. The van der Waals surface area contributed by atoms with Crippen molar-refractivity contribution >= 4 is 15.7 Å². The third-order valence-corrected chi connectivity index (χ3v) is 4.29. The topological polar surface area (TPSA) is 79.2 Å². The van der Waals surface area contributed by atoms with Crippen molar-refractivity contribution in [2.75, 3.05) is 11.8 Å². The summed E-state index contributed by atoms with van der Waals surface area (Å²) in [5.74, 6) is 0.296. The zero-order valence-electron chi connectivity index (χ0n) is 11.6. The van der Waals surface area contributed by atoms with E-state index in [0.717, 1.165) is 5.56 Å². The lowest BCUT2D eigenvalue weighted by molar-refractivity contribution is 0.416. The van der Waals surface area contributed by atoms with E-state index in [0.29, 0.717) is 11.3 Å². The molecule has 21 heavy (non-hydrogen) atoms. The van der Waals surface area contributed by atoms with Gasteiger partial charge in [0.15, 0.2) is 0 Å². The molecule has 0 aliphatic rings. The molecule has 6 heteroatoms. The minimum atomic E-state index is -3.70. The van der Waals surface area contributed by atoms with E-state index in [1.807, 2.05) is 13.0 Å². The highest BCUT2D eigenvalue weighted by Crippen LogP contribution is 2.27. The van der Waals surface area contributed by atoms with Crippen LogP contribution in [0.1, 0.15) is 11.1 Å². The molecular formula is C15H14N2O3S. The molecule has 0 fully saturated rings. The average molecular weight is 302 g/mol. The molecule has 0 radical (unpaired) electrons. The number of aryl methyl sites for hydroxylation is 1. The molecule has 2 aromatic rings. The number of benzene rings is 2. The van der Waals surface area contributed by atoms with Gasteiger partial charge in [0.05, 0.1) is 29.3 Å². The van der Waals surface area contributed by atoms with Crippen molar-refractivity contribution in [2.24, 2.45) is 0 Å².